The van der Waals surface area contributed by atoms with Crippen LogP contribution in [-0.4, -0.2) is 78.3 Å². The third-order valence-electron chi connectivity index (χ3n) is 5.23. The minimum atomic E-state index is -5.08. The molecule has 1 saturated heterocycles. The van der Waals surface area contributed by atoms with Crippen LogP contribution in [0.1, 0.15) is 19.3 Å². The third kappa shape index (κ3) is 6.31. The first-order valence-electron chi connectivity index (χ1n) is 9.30. The van der Waals surface area contributed by atoms with Crippen LogP contribution in [0, 0.1) is 11.3 Å². The SMILES string of the molecule is CN(C)CC(=O)N1C[C@H]2CCC[C@@]2(COc2ccccn2)C1.O=C(O)C(F)(F)F. The normalized spacial score (nSPS) is 23.4. The summed E-state index contributed by atoms with van der Waals surface area (Å²) in [6.45, 7) is 2.87. The average molecular weight is 417 g/mol. The lowest BCUT2D eigenvalue weighted by atomic mass is 9.81. The number of carbonyl (C=O) groups excluding carboxylic acids is 1. The maximum Gasteiger partial charge on any atom is 0.490 e. The van der Waals surface area contributed by atoms with Crippen LogP contribution in [0.3, 0.4) is 0 Å². The van der Waals surface area contributed by atoms with Gasteiger partial charge in [0.15, 0.2) is 0 Å². The maximum absolute atomic E-state index is 12.3. The van der Waals surface area contributed by atoms with E-state index in [0.717, 1.165) is 19.5 Å². The Bertz CT molecular complexity index is 700. The van der Waals surface area contributed by atoms with E-state index >= 15 is 0 Å². The van der Waals surface area contributed by atoms with Crippen LogP contribution in [-0.2, 0) is 9.59 Å². The molecule has 2 fully saturated rings. The molecule has 0 bridgehead atoms. The number of rotatable bonds is 5. The molecule has 1 amide bonds. The Balaban J connectivity index is 0.000000370. The van der Waals surface area contributed by atoms with Gasteiger partial charge < -0.3 is 19.6 Å². The minimum Gasteiger partial charge on any atom is -0.477 e. The summed E-state index contributed by atoms with van der Waals surface area (Å²) in [5, 5.41) is 7.12. The number of pyridine rings is 1. The molecule has 2 aliphatic rings. The highest BCUT2D eigenvalue weighted by Crippen LogP contribution is 2.48. The molecule has 1 aliphatic heterocycles. The van der Waals surface area contributed by atoms with Crippen LogP contribution >= 0.6 is 0 Å². The Hall–Kier alpha value is -2.36. The Kier molecular flexibility index (Phi) is 7.45. The van der Waals surface area contributed by atoms with Crippen LogP contribution in [0.15, 0.2) is 24.4 Å². The number of amides is 1. The van der Waals surface area contributed by atoms with Gasteiger partial charge in [-0.2, -0.15) is 13.2 Å². The number of fused-ring (bicyclic) bond motifs is 1. The van der Waals surface area contributed by atoms with Crippen LogP contribution in [0.5, 0.6) is 5.88 Å². The molecule has 29 heavy (non-hydrogen) atoms. The van der Waals surface area contributed by atoms with E-state index in [1.165, 1.54) is 12.8 Å². The van der Waals surface area contributed by atoms with Crippen molar-refractivity contribution in [3.05, 3.63) is 24.4 Å². The van der Waals surface area contributed by atoms with E-state index in [1.807, 2.05) is 42.1 Å². The number of hydrogen-bond donors (Lipinski definition) is 1. The van der Waals surface area contributed by atoms with E-state index in [0.29, 0.717) is 24.9 Å². The highest BCUT2D eigenvalue weighted by atomic mass is 19.4. The first-order valence-corrected chi connectivity index (χ1v) is 9.30. The molecule has 0 spiro atoms. The topological polar surface area (TPSA) is 83.0 Å². The van der Waals surface area contributed by atoms with Gasteiger partial charge in [0.2, 0.25) is 11.8 Å². The van der Waals surface area contributed by atoms with Gasteiger partial charge in [0.05, 0.1) is 13.2 Å². The van der Waals surface area contributed by atoms with Gasteiger partial charge in [0.1, 0.15) is 0 Å². The van der Waals surface area contributed by atoms with Gasteiger partial charge in [-0.25, -0.2) is 9.78 Å². The number of carbonyl (C=O) groups is 2. The number of likely N-dealkylation sites (N-methyl/N-ethyl adjacent to an activating group) is 1. The molecule has 0 radical (unpaired) electrons. The Morgan fingerprint density at radius 3 is 2.62 bits per heavy atom. The van der Waals surface area contributed by atoms with Crippen LogP contribution < -0.4 is 4.74 Å². The van der Waals surface area contributed by atoms with Gasteiger partial charge in [-0.3, -0.25) is 4.79 Å². The lowest BCUT2D eigenvalue weighted by Crippen LogP contribution is -2.39. The summed E-state index contributed by atoms with van der Waals surface area (Å²) in [4.78, 5) is 29.4. The summed E-state index contributed by atoms with van der Waals surface area (Å²) in [6, 6.07) is 5.72. The van der Waals surface area contributed by atoms with Crippen molar-refractivity contribution in [2.45, 2.75) is 25.4 Å². The molecule has 1 saturated carbocycles. The number of nitrogens with zero attached hydrogens (tertiary/aromatic N) is 3. The van der Waals surface area contributed by atoms with E-state index in [2.05, 4.69) is 4.98 Å². The fourth-order valence-corrected chi connectivity index (χ4v) is 3.86. The van der Waals surface area contributed by atoms with E-state index < -0.39 is 12.1 Å². The zero-order valence-electron chi connectivity index (χ0n) is 16.5. The van der Waals surface area contributed by atoms with Gasteiger partial charge in [-0.05, 0) is 38.9 Å². The number of hydrogen-bond acceptors (Lipinski definition) is 5. The molecular formula is C19H26F3N3O4. The Morgan fingerprint density at radius 2 is 2.07 bits per heavy atom. The van der Waals surface area contributed by atoms with Crippen LogP contribution in [0.25, 0.3) is 0 Å². The molecule has 1 aromatic rings. The van der Waals surface area contributed by atoms with Crippen molar-refractivity contribution in [2.24, 2.45) is 11.3 Å². The van der Waals surface area contributed by atoms with Crippen molar-refractivity contribution in [3.63, 3.8) is 0 Å². The molecule has 0 unspecified atom stereocenters. The monoisotopic (exact) mass is 417 g/mol. The zero-order chi connectivity index (χ0) is 21.7. The number of carboxylic acid groups (broad SMARTS) is 1. The molecule has 0 aromatic carbocycles. The van der Waals surface area contributed by atoms with Gasteiger partial charge >= 0.3 is 12.1 Å². The molecule has 1 aliphatic carbocycles. The summed E-state index contributed by atoms with van der Waals surface area (Å²) >= 11 is 0. The number of aromatic nitrogens is 1. The fourth-order valence-electron chi connectivity index (χ4n) is 3.86. The van der Waals surface area contributed by atoms with Crippen molar-refractivity contribution < 1.29 is 32.6 Å². The zero-order valence-corrected chi connectivity index (χ0v) is 16.5. The largest absolute Gasteiger partial charge is 0.490 e. The third-order valence-corrected chi connectivity index (χ3v) is 5.23. The van der Waals surface area contributed by atoms with Crippen LogP contribution in [0.2, 0.25) is 0 Å². The van der Waals surface area contributed by atoms with E-state index in [1.54, 1.807) is 6.20 Å². The number of ether oxygens (including phenoxy) is 1. The summed E-state index contributed by atoms with van der Waals surface area (Å²) in [5.41, 5.74) is 0.124. The van der Waals surface area contributed by atoms with E-state index in [4.69, 9.17) is 14.6 Å². The van der Waals surface area contributed by atoms with Crippen molar-refractivity contribution in [1.82, 2.24) is 14.8 Å². The Labute approximate surface area is 167 Å². The summed E-state index contributed by atoms with van der Waals surface area (Å²) < 4.78 is 37.7. The number of aliphatic carboxylic acids is 1. The predicted octanol–water partition coefficient (Wildman–Crippen LogP) is 2.28. The van der Waals surface area contributed by atoms with Crippen molar-refractivity contribution in [3.8, 4) is 5.88 Å². The number of alkyl halides is 3. The number of carboxylic acids is 1. The molecule has 2 heterocycles. The smallest absolute Gasteiger partial charge is 0.477 e. The quantitative estimate of drug-likeness (QED) is 0.792. The van der Waals surface area contributed by atoms with Gasteiger partial charge in [-0.15, -0.1) is 0 Å². The molecule has 3 rings (SSSR count). The van der Waals surface area contributed by atoms with Gasteiger partial charge in [0, 0.05) is 30.8 Å². The molecule has 2 atom stereocenters. The summed E-state index contributed by atoms with van der Waals surface area (Å²) in [6.07, 6.45) is 0.264. The van der Waals surface area contributed by atoms with Gasteiger partial charge in [-0.1, -0.05) is 12.5 Å². The second kappa shape index (κ2) is 9.43. The molecule has 162 valence electrons. The van der Waals surface area contributed by atoms with E-state index in [-0.39, 0.29) is 11.3 Å². The average Bonchev–Trinajstić information content (AvgIpc) is 3.17. The highest BCUT2D eigenvalue weighted by molar-refractivity contribution is 5.78. The van der Waals surface area contributed by atoms with E-state index in [9.17, 15) is 18.0 Å². The number of likely N-dealkylation sites (tertiary alicyclic amines) is 1. The molecule has 7 nitrogen and oxygen atoms in total. The second-order valence-electron chi connectivity index (χ2n) is 7.72. The van der Waals surface area contributed by atoms with Crippen LogP contribution in [0.4, 0.5) is 13.2 Å². The lowest BCUT2D eigenvalue weighted by Gasteiger charge is -2.28. The summed E-state index contributed by atoms with van der Waals surface area (Å²) in [5.74, 6) is -1.27. The van der Waals surface area contributed by atoms with Gasteiger partial charge in [0.25, 0.3) is 0 Å². The lowest BCUT2D eigenvalue weighted by molar-refractivity contribution is -0.192. The summed E-state index contributed by atoms with van der Waals surface area (Å²) in [7, 11) is 3.88. The predicted molar refractivity (Wildman–Crippen MR) is 98.3 cm³/mol. The molecular weight excluding hydrogens is 391 g/mol. The Morgan fingerprint density at radius 1 is 1.38 bits per heavy atom. The van der Waals surface area contributed by atoms with Crippen molar-refractivity contribution in [1.29, 1.82) is 0 Å². The highest BCUT2D eigenvalue weighted by Gasteiger charge is 2.51. The molecule has 1 N–H and O–H groups in total. The minimum absolute atomic E-state index is 0.124. The molecule has 1 aromatic heterocycles. The molecule has 10 heteroatoms. The van der Waals surface area contributed by atoms with Crippen molar-refractivity contribution >= 4 is 11.9 Å². The standard InChI is InChI=1S/C17H25N3O2.C2HF3O2/c1-19(2)11-16(21)20-10-14-6-5-8-17(14,12-20)13-22-15-7-3-4-9-18-15;3-2(4,5)1(6)7/h3-4,7,9,14H,5-6,8,10-13H2,1-2H3;(H,6,7)/t14-,17+;/m1./s1. The van der Waals surface area contributed by atoms with Crippen molar-refractivity contribution in [2.75, 3.05) is 40.3 Å². The maximum atomic E-state index is 12.3. The number of halogens is 3. The second-order valence-corrected chi connectivity index (χ2v) is 7.72. The first-order chi connectivity index (χ1) is 13.5. The fraction of sp³-hybridized carbons (Fsp3) is 0.632. The first kappa shape index (κ1) is 22.9.